The highest BCUT2D eigenvalue weighted by Crippen LogP contribution is 2.32. The molecule has 0 aromatic carbocycles. The van der Waals surface area contributed by atoms with E-state index in [0.29, 0.717) is 0 Å². The number of fused-ring (bicyclic) bond motifs is 1. The summed E-state index contributed by atoms with van der Waals surface area (Å²) < 4.78 is 5.20. The van der Waals surface area contributed by atoms with E-state index in [-0.39, 0.29) is 6.04 Å². The molecule has 0 saturated heterocycles. The standard InChI is InChI=1S/C15H18N4O/c1-11-15-14(4-3-6-17-15)18-19(11)7-5-12-8-13(20-2)10-16-9-12/h3-4,6,8-11,18H,5,7H2,1-2H3. The first kappa shape index (κ1) is 12.9. The van der Waals surface area contributed by atoms with Crippen molar-refractivity contribution in [2.45, 2.75) is 19.4 Å². The molecule has 5 nitrogen and oxygen atoms in total. The number of nitrogens with one attached hydrogen (secondary N) is 1. The van der Waals surface area contributed by atoms with Crippen LogP contribution in [0.4, 0.5) is 5.69 Å². The fourth-order valence-corrected chi connectivity index (χ4v) is 2.46. The molecule has 0 saturated carbocycles. The van der Waals surface area contributed by atoms with Gasteiger partial charge in [-0.25, -0.2) is 5.01 Å². The predicted molar refractivity (Wildman–Crippen MR) is 77.5 cm³/mol. The van der Waals surface area contributed by atoms with Gasteiger partial charge in [0.05, 0.1) is 30.7 Å². The third-order valence-electron chi connectivity index (χ3n) is 3.61. The number of methoxy groups -OCH3 is 1. The maximum absolute atomic E-state index is 5.20. The Kier molecular flexibility index (Phi) is 3.52. The number of hydrogen-bond acceptors (Lipinski definition) is 5. The lowest BCUT2D eigenvalue weighted by Gasteiger charge is -2.21. The number of pyridine rings is 2. The Hall–Kier alpha value is -2.14. The van der Waals surface area contributed by atoms with E-state index in [2.05, 4.69) is 33.4 Å². The maximum atomic E-state index is 5.20. The van der Waals surface area contributed by atoms with Crippen molar-refractivity contribution >= 4 is 5.69 Å². The molecule has 20 heavy (non-hydrogen) atoms. The van der Waals surface area contributed by atoms with Crippen LogP contribution in [0.1, 0.15) is 24.2 Å². The first-order valence-corrected chi connectivity index (χ1v) is 6.74. The van der Waals surface area contributed by atoms with Gasteiger partial charge in [0, 0.05) is 18.9 Å². The van der Waals surface area contributed by atoms with Crippen molar-refractivity contribution in [3.63, 3.8) is 0 Å². The van der Waals surface area contributed by atoms with Gasteiger partial charge in [-0.3, -0.25) is 9.97 Å². The van der Waals surface area contributed by atoms with Gasteiger partial charge in [-0.05, 0) is 37.1 Å². The third kappa shape index (κ3) is 2.44. The summed E-state index contributed by atoms with van der Waals surface area (Å²) in [5.41, 5.74) is 6.78. The van der Waals surface area contributed by atoms with Crippen molar-refractivity contribution in [2.24, 2.45) is 0 Å². The second-order valence-corrected chi connectivity index (χ2v) is 4.90. The molecule has 1 aliphatic rings. The Morgan fingerprint density at radius 1 is 1.40 bits per heavy atom. The number of rotatable bonds is 4. The van der Waals surface area contributed by atoms with Crippen molar-refractivity contribution in [2.75, 3.05) is 19.1 Å². The Balaban J connectivity index is 1.65. The highest BCUT2D eigenvalue weighted by Gasteiger charge is 2.26. The topological polar surface area (TPSA) is 50.3 Å². The second kappa shape index (κ2) is 5.46. The van der Waals surface area contributed by atoms with Gasteiger partial charge in [0.1, 0.15) is 5.75 Å². The van der Waals surface area contributed by atoms with Crippen molar-refractivity contribution < 1.29 is 4.74 Å². The average Bonchev–Trinajstić information content (AvgIpc) is 2.82. The zero-order valence-corrected chi connectivity index (χ0v) is 11.7. The van der Waals surface area contributed by atoms with E-state index in [4.69, 9.17) is 4.74 Å². The molecular formula is C15H18N4O. The normalized spacial score (nSPS) is 17.6. The molecule has 104 valence electrons. The number of ether oxygens (including phenoxy) is 1. The first-order chi connectivity index (χ1) is 9.78. The van der Waals surface area contributed by atoms with Crippen LogP contribution in [-0.2, 0) is 6.42 Å². The third-order valence-corrected chi connectivity index (χ3v) is 3.61. The van der Waals surface area contributed by atoms with E-state index < -0.39 is 0 Å². The van der Waals surface area contributed by atoms with E-state index in [1.165, 1.54) is 5.56 Å². The van der Waals surface area contributed by atoms with Gasteiger partial charge < -0.3 is 10.2 Å². The summed E-state index contributed by atoms with van der Waals surface area (Å²) in [4.78, 5) is 8.62. The largest absolute Gasteiger partial charge is 0.495 e. The zero-order valence-electron chi connectivity index (χ0n) is 11.7. The van der Waals surface area contributed by atoms with E-state index in [0.717, 1.165) is 30.1 Å². The molecule has 0 fully saturated rings. The molecule has 1 atom stereocenters. The van der Waals surface area contributed by atoms with Crippen LogP contribution in [0, 0.1) is 0 Å². The summed E-state index contributed by atoms with van der Waals surface area (Å²) in [6.07, 6.45) is 6.36. The summed E-state index contributed by atoms with van der Waals surface area (Å²) in [6.45, 7) is 3.06. The van der Waals surface area contributed by atoms with Gasteiger partial charge in [-0.2, -0.15) is 0 Å². The lowest BCUT2D eigenvalue weighted by molar-refractivity contribution is 0.279. The average molecular weight is 270 g/mol. The van der Waals surface area contributed by atoms with E-state index >= 15 is 0 Å². The van der Waals surface area contributed by atoms with Crippen LogP contribution in [0.5, 0.6) is 5.75 Å². The predicted octanol–water partition coefficient (Wildman–Crippen LogP) is 2.43. The fourth-order valence-electron chi connectivity index (χ4n) is 2.46. The zero-order chi connectivity index (χ0) is 13.9. The smallest absolute Gasteiger partial charge is 0.137 e. The number of nitrogens with zero attached hydrogens (tertiary/aromatic N) is 3. The summed E-state index contributed by atoms with van der Waals surface area (Å²) in [6, 6.07) is 6.32. The molecule has 2 aromatic heterocycles. The van der Waals surface area contributed by atoms with Gasteiger partial charge in [0.25, 0.3) is 0 Å². The van der Waals surface area contributed by atoms with Crippen molar-refractivity contribution in [1.82, 2.24) is 15.0 Å². The molecular weight excluding hydrogens is 252 g/mol. The van der Waals surface area contributed by atoms with Gasteiger partial charge in [-0.15, -0.1) is 0 Å². The highest BCUT2D eigenvalue weighted by molar-refractivity contribution is 5.51. The molecule has 1 N–H and O–H groups in total. The quantitative estimate of drug-likeness (QED) is 0.924. The van der Waals surface area contributed by atoms with Crippen LogP contribution < -0.4 is 10.2 Å². The molecule has 0 amide bonds. The number of hydrazine groups is 1. The van der Waals surface area contributed by atoms with Crippen LogP contribution >= 0.6 is 0 Å². The Bertz CT molecular complexity index is 602. The molecule has 0 bridgehead atoms. The number of hydrogen-bond donors (Lipinski definition) is 1. The molecule has 2 aromatic rings. The van der Waals surface area contributed by atoms with Crippen LogP contribution in [0.25, 0.3) is 0 Å². The second-order valence-electron chi connectivity index (χ2n) is 4.90. The first-order valence-electron chi connectivity index (χ1n) is 6.74. The SMILES string of the molecule is COc1cncc(CCN2Nc3cccnc3C2C)c1. The lowest BCUT2D eigenvalue weighted by Crippen LogP contribution is -2.29. The maximum Gasteiger partial charge on any atom is 0.137 e. The Morgan fingerprint density at radius 3 is 3.10 bits per heavy atom. The van der Waals surface area contributed by atoms with Crippen molar-refractivity contribution in [3.8, 4) is 5.75 Å². The van der Waals surface area contributed by atoms with Crippen molar-refractivity contribution in [3.05, 3.63) is 48.0 Å². The number of aromatic nitrogens is 2. The van der Waals surface area contributed by atoms with Crippen LogP contribution in [-0.4, -0.2) is 28.6 Å². The molecule has 3 heterocycles. The van der Waals surface area contributed by atoms with E-state index in [9.17, 15) is 0 Å². The molecule has 1 aliphatic heterocycles. The monoisotopic (exact) mass is 270 g/mol. The Labute approximate surface area is 118 Å². The molecule has 0 aliphatic carbocycles. The summed E-state index contributed by atoms with van der Waals surface area (Å²) in [5.74, 6) is 0.801. The van der Waals surface area contributed by atoms with Crippen LogP contribution in [0.2, 0.25) is 0 Å². The van der Waals surface area contributed by atoms with Gasteiger partial charge in [0.2, 0.25) is 0 Å². The Morgan fingerprint density at radius 2 is 2.30 bits per heavy atom. The molecule has 0 spiro atoms. The molecule has 3 rings (SSSR count). The van der Waals surface area contributed by atoms with Crippen LogP contribution in [0.3, 0.4) is 0 Å². The van der Waals surface area contributed by atoms with Crippen molar-refractivity contribution in [1.29, 1.82) is 0 Å². The van der Waals surface area contributed by atoms with E-state index in [1.807, 2.05) is 24.5 Å². The van der Waals surface area contributed by atoms with Gasteiger partial charge in [0.15, 0.2) is 0 Å². The lowest BCUT2D eigenvalue weighted by atomic mass is 10.1. The van der Waals surface area contributed by atoms with Gasteiger partial charge in [-0.1, -0.05) is 0 Å². The van der Waals surface area contributed by atoms with Crippen LogP contribution in [0.15, 0.2) is 36.8 Å². The molecule has 5 heteroatoms. The highest BCUT2D eigenvalue weighted by atomic mass is 16.5. The minimum absolute atomic E-state index is 0.282. The van der Waals surface area contributed by atoms with E-state index in [1.54, 1.807) is 13.3 Å². The molecule has 1 unspecified atom stereocenters. The summed E-state index contributed by atoms with van der Waals surface area (Å²) in [7, 11) is 1.66. The summed E-state index contributed by atoms with van der Waals surface area (Å²) in [5, 5.41) is 2.21. The van der Waals surface area contributed by atoms with Gasteiger partial charge >= 0.3 is 0 Å². The summed E-state index contributed by atoms with van der Waals surface area (Å²) >= 11 is 0. The number of anilines is 1. The minimum atomic E-state index is 0.282. The fraction of sp³-hybridized carbons (Fsp3) is 0.333. The minimum Gasteiger partial charge on any atom is -0.495 e. The molecule has 0 radical (unpaired) electrons.